The molecule has 1 aromatic carbocycles. The summed E-state index contributed by atoms with van der Waals surface area (Å²) in [5.74, 6) is 0.943. The Morgan fingerprint density at radius 1 is 0.800 bits per heavy atom. The molecule has 2 N–H and O–H groups in total. The number of hydrogen-bond acceptors (Lipinski definition) is 4. The van der Waals surface area contributed by atoms with Gasteiger partial charge >= 0.3 is 0 Å². The fraction of sp³-hybridized carbons (Fsp3) is 0.696. The largest absolute Gasteiger partial charge is 0.369 e. The van der Waals surface area contributed by atoms with Crippen molar-refractivity contribution in [2.24, 2.45) is 4.99 Å². The lowest BCUT2D eigenvalue weighted by molar-refractivity contribution is 0.232. The Kier molecular flexibility index (Phi) is 12.5. The van der Waals surface area contributed by atoms with Gasteiger partial charge in [-0.2, -0.15) is 0 Å². The van der Waals surface area contributed by atoms with E-state index in [9.17, 15) is 0 Å². The number of rotatable bonds is 9. The fourth-order valence-corrected chi connectivity index (χ4v) is 4.27. The summed E-state index contributed by atoms with van der Waals surface area (Å²) in [6.07, 6.45) is 6.53. The minimum atomic E-state index is 0. The molecule has 7 heteroatoms. The first-order chi connectivity index (χ1) is 14.3. The summed E-state index contributed by atoms with van der Waals surface area (Å²) >= 11 is 0. The number of likely N-dealkylation sites (tertiary alicyclic amines) is 1. The second-order valence-electron chi connectivity index (χ2n) is 8.20. The lowest BCUT2D eigenvalue weighted by atomic mass is 10.1. The molecule has 1 aromatic rings. The molecule has 0 unspecified atom stereocenters. The second kappa shape index (κ2) is 14.9. The number of nitrogens with one attached hydrogen (secondary N) is 2. The van der Waals surface area contributed by atoms with Crippen molar-refractivity contribution >= 4 is 35.6 Å². The molecular formula is C23H41IN6. The summed E-state index contributed by atoms with van der Waals surface area (Å²) in [6.45, 7) is 11.4. The summed E-state index contributed by atoms with van der Waals surface area (Å²) in [4.78, 5) is 12.0. The van der Waals surface area contributed by atoms with Crippen molar-refractivity contribution in [3.63, 3.8) is 0 Å². The Morgan fingerprint density at radius 3 is 2.17 bits per heavy atom. The van der Waals surface area contributed by atoms with Gasteiger partial charge in [0.2, 0.25) is 0 Å². The van der Waals surface area contributed by atoms with Gasteiger partial charge in [0.15, 0.2) is 5.96 Å². The van der Waals surface area contributed by atoms with Crippen LogP contribution in [0.3, 0.4) is 0 Å². The smallest absolute Gasteiger partial charge is 0.191 e. The summed E-state index contributed by atoms with van der Waals surface area (Å²) in [5.41, 5.74) is 1.36. The number of anilines is 1. The van der Waals surface area contributed by atoms with Crippen molar-refractivity contribution in [1.82, 2.24) is 20.4 Å². The maximum absolute atomic E-state index is 4.36. The molecule has 0 aromatic heterocycles. The van der Waals surface area contributed by atoms with Crippen LogP contribution in [0.25, 0.3) is 0 Å². The zero-order valence-corrected chi connectivity index (χ0v) is 21.0. The summed E-state index contributed by atoms with van der Waals surface area (Å²) in [6, 6.07) is 10.8. The monoisotopic (exact) mass is 528 g/mol. The Balaban J connectivity index is 0.00000320. The summed E-state index contributed by atoms with van der Waals surface area (Å²) in [5, 5.41) is 6.93. The van der Waals surface area contributed by atoms with Crippen LogP contribution in [0, 0.1) is 0 Å². The van der Waals surface area contributed by atoms with Gasteiger partial charge in [-0.15, -0.1) is 24.0 Å². The highest BCUT2D eigenvalue weighted by Crippen LogP contribution is 2.15. The lowest BCUT2D eigenvalue weighted by Crippen LogP contribution is -2.46. The lowest BCUT2D eigenvalue weighted by Gasteiger charge is -2.36. The normalized spacial score (nSPS) is 18.7. The number of piperidine rings is 1. The third kappa shape index (κ3) is 8.98. The number of hydrogen-bond donors (Lipinski definition) is 2. The minimum absolute atomic E-state index is 0. The molecule has 0 atom stereocenters. The highest BCUT2D eigenvalue weighted by atomic mass is 127. The molecule has 0 amide bonds. The highest BCUT2D eigenvalue weighted by Gasteiger charge is 2.16. The molecule has 2 heterocycles. The molecular weight excluding hydrogens is 487 g/mol. The van der Waals surface area contributed by atoms with E-state index in [0.717, 1.165) is 38.7 Å². The van der Waals surface area contributed by atoms with Gasteiger partial charge in [0.05, 0.1) is 0 Å². The Hall–Kier alpha value is -1.06. The number of halogens is 1. The predicted molar refractivity (Wildman–Crippen MR) is 139 cm³/mol. The maximum atomic E-state index is 4.36. The van der Waals surface area contributed by atoms with Crippen LogP contribution in [0.5, 0.6) is 0 Å². The molecule has 0 saturated carbocycles. The zero-order valence-electron chi connectivity index (χ0n) is 18.7. The van der Waals surface area contributed by atoms with Crippen LogP contribution in [0.1, 0.15) is 32.1 Å². The van der Waals surface area contributed by atoms with E-state index >= 15 is 0 Å². The van der Waals surface area contributed by atoms with Crippen molar-refractivity contribution in [1.29, 1.82) is 0 Å². The van der Waals surface area contributed by atoms with E-state index in [1.165, 1.54) is 70.5 Å². The first-order valence-corrected chi connectivity index (χ1v) is 11.5. The van der Waals surface area contributed by atoms with Gasteiger partial charge in [-0.25, -0.2) is 0 Å². The van der Waals surface area contributed by atoms with Crippen LogP contribution >= 0.6 is 24.0 Å². The van der Waals surface area contributed by atoms with Gasteiger partial charge in [-0.05, 0) is 57.5 Å². The Morgan fingerprint density at radius 2 is 1.47 bits per heavy atom. The number of piperazine rings is 1. The average Bonchev–Trinajstić information content (AvgIpc) is 2.79. The molecule has 3 rings (SSSR count). The van der Waals surface area contributed by atoms with E-state index in [2.05, 4.69) is 60.7 Å². The van der Waals surface area contributed by atoms with E-state index in [1.54, 1.807) is 0 Å². The number of nitrogens with zero attached hydrogens (tertiary/aromatic N) is 4. The van der Waals surface area contributed by atoms with Gasteiger partial charge in [0.1, 0.15) is 0 Å². The molecule has 2 aliphatic rings. The van der Waals surface area contributed by atoms with Crippen molar-refractivity contribution < 1.29 is 0 Å². The van der Waals surface area contributed by atoms with E-state index in [0.29, 0.717) is 0 Å². The molecule has 0 spiro atoms. The molecule has 30 heavy (non-hydrogen) atoms. The minimum Gasteiger partial charge on any atom is -0.369 e. The Bertz CT molecular complexity index is 583. The third-order valence-electron chi connectivity index (χ3n) is 6.08. The second-order valence-corrected chi connectivity index (χ2v) is 8.20. The van der Waals surface area contributed by atoms with Gasteiger partial charge in [0, 0.05) is 58.5 Å². The van der Waals surface area contributed by atoms with Crippen molar-refractivity contribution in [3.05, 3.63) is 30.3 Å². The first-order valence-electron chi connectivity index (χ1n) is 11.5. The van der Waals surface area contributed by atoms with E-state index in [1.807, 2.05) is 7.05 Å². The number of guanidine groups is 1. The van der Waals surface area contributed by atoms with Gasteiger partial charge in [-0.3, -0.25) is 9.89 Å². The van der Waals surface area contributed by atoms with Crippen LogP contribution < -0.4 is 15.5 Å². The van der Waals surface area contributed by atoms with Gasteiger partial charge in [0.25, 0.3) is 0 Å². The number of para-hydroxylation sites is 1. The van der Waals surface area contributed by atoms with Crippen molar-refractivity contribution in [2.45, 2.75) is 32.1 Å². The molecule has 0 bridgehead atoms. The highest BCUT2D eigenvalue weighted by molar-refractivity contribution is 14.0. The molecule has 170 valence electrons. The molecule has 0 radical (unpaired) electrons. The quantitative estimate of drug-likeness (QED) is 0.224. The zero-order chi connectivity index (χ0) is 20.2. The molecule has 2 fully saturated rings. The molecule has 2 aliphatic heterocycles. The van der Waals surface area contributed by atoms with Crippen molar-refractivity contribution in [3.8, 4) is 0 Å². The molecule has 6 nitrogen and oxygen atoms in total. The van der Waals surface area contributed by atoms with Crippen molar-refractivity contribution in [2.75, 3.05) is 77.4 Å². The van der Waals surface area contributed by atoms with Gasteiger partial charge in [-0.1, -0.05) is 24.6 Å². The molecule has 0 aliphatic carbocycles. The summed E-state index contributed by atoms with van der Waals surface area (Å²) < 4.78 is 0. The average molecular weight is 529 g/mol. The first kappa shape index (κ1) is 25.2. The van der Waals surface area contributed by atoms with E-state index in [-0.39, 0.29) is 24.0 Å². The van der Waals surface area contributed by atoms with Crippen LogP contribution in [-0.2, 0) is 0 Å². The number of aliphatic imine (C=N–C) groups is 1. The van der Waals surface area contributed by atoms with Crippen LogP contribution in [0.4, 0.5) is 5.69 Å². The van der Waals surface area contributed by atoms with Crippen LogP contribution in [0.2, 0.25) is 0 Å². The SMILES string of the molecule is CN=C(NCCCCN1CCN(c2ccccc2)CC1)NCCN1CCCCC1.I. The number of benzene rings is 1. The predicted octanol–water partition coefficient (Wildman–Crippen LogP) is 2.86. The molecule has 2 saturated heterocycles. The van der Waals surface area contributed by atoms with Gasteiger partial charge < -0.3 is 20.4 Å². The summed E-state index contributed by atoms with van der Waals surface area (Å²) in [7, 11) is 1.86. The number of unbranched alkanes of at least 4 members (excludes halogenated alkanes) is 1. The fourth-order valence-electron chi connectivity index (χ4n) is 4.27. The topological polar surface area (TPSA) is 46.1 Å². The van der Waals surface area contributed by atoms with Crippen LogP contribution in [0.15, 0.2) is 35.3 Å². The third-order valence-corrected chi connectivity index (χ3v) is 6.08. The van der Waals surface area contributed by atoms with E-state index in [4.69, 9.17) is 0 Å². The Labute approximate surface area is 200 Å². The standard InChI is InChI=1S/C23H40N6.HI/c1-24-23(26-13-17-27-14-7-3-8-15-27)25-12-6-9-16-28-18-20-29(21-19-28)22-10-4-2-5-11-22;/h2,4-5,10-11H,3,6-9,12-21H2,1H3,(H2,24,25,26);1H. The van der Waals surface area contributed by atoms with Crippen LogP contribution in [-0.4, -0.2) is 88.3 Å². The maximum Gasteiger partial charge on any atom is 0.191 e. The van der Waals surface area contributed by atoms with E-state index < -0.39 is 0 Å².